The minimum Gasteiger partial charge on any atom is -0.375 e. The molecule has 4 nitrogen and oxygen atoms in total. The van der Waals surface area contributed by atoms with Crippen molar-refractivity contribution in [2.24, 2.45) is 5.73 Å². The van der Waals surface area contributed by atoms with Crippen LogP contribution >= 0.6 is 11.3 Å². The van der Waals surface area contributed by atoms with Gasteiger partial charge in [0.1, 0.15) is 0 Å². The number of anilines is 1. The van der Waals surface area contributed by atoms with Crippen molar-refractivity contribution in [3.8, 4) is 23.1 Å². The average molecular weight is 257 g/mol. The van der Waals surface area contributed by atoms with Gasteiger partial charge >= 0.3 is 0 Å². The van der Waals surface area contributed by atoms with Gasteiger partial charge in [0.05, 0.1) is 5.69 Å². The summed E-state index contributed by atoms with van der Waals surface area (Å²) in [6.45, 7) is 1.98. The van der Waals surface area contributed by atoms with Crippen molar-refractivity contribution in [2.45, 2.75) is 6.92 Å². The van der Waals surface area contributed by atoms with Gasteiger partial charge in [0, 0.05) is 16.0 Å². The molecule has 5 heteroatoms. The summed E-state index contributed by atoms with van der Waals surface area (Å²) in [6, 6.07) is 7.43. The maximum absolute atomic E-state index is 10.5. The fourth-order valence-electron chi connectivity index (χ4n) is 1.53. The highest BCUT2D eigenvalue weighted by atomic mass is 32.1. The van der Waals surface area contributed by atoms with Crippen LogP contribution in [0.1, 0.15) is 10.4 Å². The number of thiazole rings is 1. The highest BCUT2D eigenvalue weighted by Crippen LogP contribution is 2.28. The van der Waals surface area contributed by atoms with E-state index < -0.39 is 5.91 Å². The summed E-state index contributed by atoms with van der Waals surface area (Å²) in [4.78, 5) is 15.9. The van der Waals surface area contributed by atoms with Crippen molar-refractivity contribution >= 4 is 22.4 Å². The van der Waals surface area contributed by atoms with E-state index in [9.17, 15) is 4.79 Å². The number of amides is 1. The van der Waals surface area contributed by atoms with Gasteiger partial charge in [0.25, 0.3) is 5.91 Å². The summed E-state index contributed by atoms with van der Waals surface area (Å²) in [5.74, 6) is 4.33. The third kappa shape index (κ3) is 2.67. The van der Waals surface area contributed by atoms with Gasteiger partial charge in [0.15, 0.2) is 5.13 Å². The summed E-state index contributed by atoms with van der Waals surface area (Å²) in [7, 11) is 0. The number of aryl methyl sites for hydroxylation is 1. The Morgan fingerprint density at radius 3 is 2.50 bits per heavy atom. The number of hydrogen-bond donors (Lipinski definition) is 2. The van der Waals surface area contributed by atoms with Crippen LogP contribution in [0, 0.1) is 18.8 Å². The van der Waals surface area contributed by atoms with Crippen LogP contribution in [0.5, 0.6) is 0 Å². The third-order valence-electron chi connectivity index (χ3n) is 2.30. The molecule has 1 aromatic heterocycles. The number of rotatable bonds is 1. The van der Waals surface area contributed by atoms with Gasteiger partial charge in [-0.2, -0.15) is 0 Å². The van der Waals surface area contributed by atoms with E-state index in [4.69, 9.17) is 11.5 Å². The number of hydrogen-bond acceptors (Lipinski definition) is 4. The predicted octanol–water partition coefficient (Wildman–Crippen LogP) is 1.54. The molecule has 0 spiro atoms. The molecule has 0 aliphatic carbocycles. The van der Waals surface area contributed by atoms with Crippen molar-refractivity contribution in [1.82, 2.24) is 4.98 Å². The molecule has 2 rings (SSSR count). The Hall–Kier alpha value is -2.32. The van der Waals surface area contributed by atoms with E-state index in [1.54, 1.807) is 0 Å². The zero-order valence-corrected chi connectivity index (χ0v) is 10.5. The molecule has 0 atom stereocenters. The molecule has 0 fully saturated rings. The van der Waals surface area contributed by atoms with E-state index in [0.717, 1.165) is 21.7 Å². The highest BCUT2D eigenvalue weighted by Gasteiger charge is 2.07. The second-order valence-electron chi connectivity index (χ2n) is 3.65. The Morgan fingerprint density at radius 1 is 1.33 bits per heavy atom. The standard InChI is InChI=1S/C13H11N3OS/c1-8-12(16-13(15)18-8)10-5-2-9(3-6-10)4-7-11(14)17/h2-3,5-6H,1H3,(H2,14,17)(H2,15,16). The summed E-state index contributed by atoms with van der Waals surface area (Å²) in [5, 5.41) is 0.556. The molecule has 18 heavy (non-hydrogen) atoms. The number of carbonyl (C=O) groups excluding carboxylic acids is 1. The van der Waals surface area contributed by atoms with E-state index >= 15 is 0 Å². The Balaban J connectivity index is 2.31. The van der Waals surface area contributed by atoms with Crippen LogP contribution in [0.4, 0.5) is 5.13 Å². The van der Waals surface area contributed by atoms with Crippen molar-refractivity contribution in [3.63, 3.8) is 0 Å². The van der Waals surface area contributed by atoms with Crippen LogP contribution < -0.4 is 11.5 Å². The monoisotopic (exact) mass is 257 g/mol. The van der Waals surface area contributed by atoms with Crippen molar-refractivity contribution in [2.75, 3.05) is 5.73 Å². The number of nitrogen functional groups attached to an aromatic ring is 1. The smallest absolute Gasteiger partial charge is 0.293 e. The normalized spacial score (nSPS) is 9.61. The Kier molecular flexibility index (Phi) is 3.31. The lowest BCUT2D eigenvalue weighted by Crippen LogP contribution is -2.06. The maximum atomic E-state index is 10.5. The summed E-state index contributed by atoms with van der Waals surface area (Å²) in [6.07, 6.45) is 0. The summed E-state index contributed by atoms with van der Waals surface area (Å²) in [5.41, 5.74) is 13.2. The topological polar surface area (TPSA) is 82.0 Å². The van der Waals surface area contributed by atoms with Crippen molar-refractivity contribution in [3.05, 3.63) is 34.7 Å². The zero-order valence-electron chi connectivity index (χ0n) is 9.73. The first kappa shape index (κ1) is 12.1. The van der Waals surface area contributed by atoms with E-state index in [0.29, 0.717) is 5.13 Å². The molecule has 0 bridgehead atoms. The molecule has 1 aromatic carbocycles. The molecule has 0 aliphatic rings. The Labute approximate surface area is 109 Å². The van der Waals surface area contributed by atoms with Gasteiger partial charge in [-0.05, 0) is 25.0 Å². The molecule has 0 saturated carbocycles. The molecule has 4 N–H and O–H groups in total. The molecule has 90 valence electrons. The zero-order chi connectivity index (χ0) is 13.1. The number of aromatic nitrogens is 1. The number of nitrogens with two attached hydrogens (primary N) is 2. The molecule has 1 amide bonds. The van der Waals surface area contributed by atoms with Crippen LogP contribution in [0.3, 0.4) is 0 Å². The van der Waals surface area contributed by atoms with Gasteiger partial charge in [-0.15, -0.1) is 11.3 Å². The van der Waals surface area contributed by atoms with Crippen LogP contribution in [0.25, 0.3) is 11.3 Å². The summed E-state index contributed by atoms with van der Waals surface area (Å²) >= 11 is 1.46. The molecule has 0 radical (unpaired) electrons. The van der Waals surface area contributed by atoms with Crippen LogP contribution in [-0.2, 0) is 4.79 Å². The lowest BCUT2D eigenvalue weighted by atomic mass is 10.1. The molecular weight excluding hydrogens is 246 g/mol. The first-order valence-electron chi connectivity index (χ1n) is 5.21. The minimum atomic E-state index is -0.637. The fourth-order valence-corrected chi connectivity index (χ4v) is 2.24. The largest absolute Gasteiger partial charge is 0.375 e. The lowest BCUT2D eigenvalue weighted by Gasteiger charge is -1.98. The molecular formula is C13H11N3OS. The fraction of sp³-hybridized carbons (Fsp3) is 0.0769. The lowest BCUT2D eigenvalue weighted by molar-refractivity contribution is -0.112. The molecule has 0 aliphatic heterocycles. The van der Waals surface area contributed by atoms with Crippen LogP contribution in [-0.4, -0.2) is 10.9 Å². The van der Waals surface area contributed by atoms with E-state index in [1.807, 2.05) is 31.2 Å². The van der Waals surface area contributed by atoms with E-state index in [2.05, 4.69) is 16.8 Å². The van der Waals surface area contributed by atoms with Crippen LogP contribution in [0.2, 0.25) is 0 Å². The van der Waals surface area contributed by atoms with Gasteiger partial charge in [0.2, 0.25) is 0 Å². The van der Waals surface area contributed by atoms with Crippen LogP contribution in [0.15, 0.2) is 24.3 Å². The second-order valence-corrected chi connectivity index (χ2v) is 4.88. The average Bonchev–Trinajstić information content (AvgIpc) is 2.66. The van der Waals surface area contributed by atoms with Gasteiger partial charge in [-0.3, -0.25) is 4.79 Å². The minimum absolute atomic E-state index is 0.556. The quantitative estimate of drug-likeness (QED) is 0.760. The van der Waals surface area contributed by atoms with Crippen molar-refractivity contribution < 1.29 is 4.79 Å². The number of primary amides is 1. The first-order chi connectivity index (χ1) is 8.56. The molecule has 2 aromatic rings. The number of benzene rings is 1. The molecule has 0 unspecified atom stereocenters. The van der Waals surface area contributed by atoms with Crippen molar-refractivity contribution in [1.29, 1.82) is 0 Å². The number of carbonyl (C=O) groups is 1. The van der Waals surface area contributed by atoms with Gasteiger partial charge < -0.3 is 11.5 Å². The second kappa shape index (κ2) is 4.90. The third-order valence-corrected chi connectivity index (χ3v) is 3.10. The molecule has 1 heterocycles. The van der Waals surface area contributed by atoms with E-state index in [-0.39, 0.29) is 0 Å². The van der Waals surface area contributed by atoms with Gasteiger partial charge in [-0.1, -0.05) is 18.1 Å². The predicted molar refractivity (Wildman–Crippen MR) is 72.8 cm³/mol. The highest BCUT2D eigenvalue weighted by molar-refractivity contribution is 7.15. The summed E-state index contributed by atoms with van der Waals surface area (Å²) < 4.78 is 0. The first-order valence-corrected chi connectivity index (χ1v) is 6.02. The Bertz CT molecular complexity index is 647. The van der Waals surface area contributed by atoms with E-state index in [1.165, 1.54) is 11.3 Å². The SMILES string of the molecule is Cc1sc(N)nc1-c1ccc(C#CC(N)=O)cc1. The number of nitrogens with zero attached hydrogens (tertiary/aromatic N) is 1. The maximum Gasteiger partial charge on any atom is 0.293 e. The van der Waals surface area contributed by atoms with Gasteiger partial charge in [-0.25, -0.2) is 4.98 Å². The Morgan fingerprint density at radius 2 is 2.00 bits per heavy atom. The molecule has 0 saturated heterocycles.